The molecule has 0 amide bonds. The monoisotopic (exact) mass is 642 g/mol. The van der Waals surface area contributed by atoms with Crippen LogP contribution in [0.2, 0.25) is 0 Å². The Morgan fingerprint density at radius 1 is 0.449 bits per heavy atom. The SMILES string of the molecule is c1ccc(-c2nc(-n3c4ccccc4c4cc5sc6c(c5cc43)c3ccccc3n6-c3ccccc3)nc3c2ccc2ccccc23)cc1. The van der Waals surface area contributed by atoms with E-state index in [1.165, 1.54) is 47.7 Å². The molecule has 4 aromatic heterocycles. The molecule has 0 radical (unpaired) electrons. The summed E-state index contributed by atoms with van der Waals surface area (Å²) < 4.78 is 5.96. The number of rotatable bonds is 3. The number of para-hydroxylation sites is 3. The van der Waals surface area contributed by atoms with Crippen LogP contribution in [0.5, 0.6) is 0 Å². The molecule has 0 atom stereocenters. The van der Waals surface area contributed by atoms with E-state index in [0.29, 0.717) is 5.95 Å². The van der Waals surface area contributed by atoms with Gasteiger partial charge >= 0.3 is 0 Å². The highest BCUT2D eigenvalue weighted by atomic mass is 32.1. The number of hydrogen-bond acceptors (Lipinski definition) is 3. The van der Waals surface area contributed by atoms with E-state index in [0.717, 1.165) is 44.0 Å². The van der Waals surface area contributed by atoms with Gasteiger partial charge in [0.1, 0.15) is 4.83 Å². The number of hydrogen-bond donors (Lipinski definition) is 0. The smallest absolute Gasteiger partial charge is 0.235 e. The Balaban J connectivity index is 1.29. The molecular weight excluding hydrogens is 617 g/mol. The molecule has 4 heterocycles. The maximum atomic E-state index is 5.41. The lowest BCUT2D eigenvalue weighted by Crippen LogP contribution is -2.03. The van der Waals surface area contributed by atoms with Crippen LogP contribution < -0.4 is 0 Å². The third kappa shape index (κ3) is 3.79. The molecule has 0 aliphatic heterocycles. The second-order valence-corrected chi connectivity index (χ2v) is 13.6. The van der Waals surface area contributed by atoms with E-state index in [4.69, 9.17) is 9.97 Å². The molecule has 0 N–H and O–H groups in total. The van der Waals surface area contributed by atoms with Crippen molar-refractivity contribution >= 4 is 86.0 Å². The molecule has 0 fully saturated rings. The molecule has 11 aromatic rings. The fourth-order valence-corrected chi connectivity index (χ4v) is 9.04. The first-order valence-electron chi connectivity index (χ1n) is 16.5. The molecule has 7 aromatic carbocycles. The topological polar surface area (TPSA) is 35.6 Å². The van der Waals surface area contributed by atoms with E-state index in [-0.39, 0.29) is 0 Å². The molecule has 228 valence electrons. The Hall–Kier alpha value is -6.30. The normalized spacial score (nSPS) is 12.1. The van der Waals surface area contributed by atoms with Gasteiger partial charge in [-0.25, -0.2) is 9.97 Å². The van der Waals surface area contributed by atoms with Crippen molar-refractivity contribution in [2.75, 3.05) is 0 Å². The van der Waals surface area contributed by atoms with Crippen LogP contribution in [0.25, 0.3) is 97.6 Å². The predicted molar refractivity (Wildman–Crippen MR) is 207 cm³/mol. The van der Waals surface area contributed by atoms with E-state index >= 15 is 0 Å². The van der Waals surface area contributed by atoms with Gasteiger partial charge in [-0.15, -0.1) is 11.3 Å². The Morgan fingerprint density at radius 3 is 1.94 bits per heavy atom. The number of fused-ring (bicyclic) bond motifs is 11. The first kappa shape index (κ1) is 26.7. The minimum Gasteiger partial charge on any atom is -0.301 e. The van der Waals surface area contributed by atoms with E-state index in [2.05, 4.69) is 167 Å². The third-order valence-electron chi connectivity index (χ3n) is 9.92. The summed E-state index contributed by atoms with van der Waals surface area (Å²) in [6, 6.07) is 56.2. The van der Waals surface area contributed by atoms with Crippen molar-refractivity contribution in [3.63, 3.8) is 0 Å². The van der Waals surface area contributed by atoms with Crippen molar-refractivity contribution in [2.45, 2.75) is 0 Å². The lowest BCUT2D eigenvalue weighted by Gasteiger charge is -2.13. The zero-order valence-corrected chi connectivity index (χ0v) is 27.0. The van der Waals surface area contributed by atoms with Crippen LogP contribution in [-0.4, -0.2) is 19.1 Å². The third-order valence-corrected chi connectivity index (χ3v) is 11.1. The second-order valence-electron chi connectivity index (χ2n) is 12.6. The van der Waals surface area contributed by atoms with Crippen LogP contribution in [-0.2, 0) is 0 Å². The van der Waals surface area contributed by atoms with Crippen LogP contribution >= 0.6 is 11.3 Å². The first-order chi connectivity index (χ1) is 24.3. The van der Waals surface area contributed by atoms with Gasteiger partial charge in [0, 0.05) is 53.7 Å². The van der Waals surface area contributed by atoms with Gasteiger partial charge in [0.2, 0.25) is 5.95 Å². The van der Waals surface area contributed by atoms with Gasteiger partial charge in [-0.1, -0.05) is 115 Å². The molecule has 0 saturated carbocycles. The Morgan fingerprint density at radius 2 is 1.12 bits per heavy atom. The minimum atomic E-state index is 0.673. The van der Waals surface area contributed by atoms with E-state index in [9.17, 15) is 0 Å². The fraction of sp³-hybridized carbons (Fsp3) is 0. The molecule has 0 bridgehead atoms. The van der Waals surface area contributed by atoms with Crippen LogP contribution in [0, 0.1) is 0 Å². The summed E-state index contributed by atoms with van der Waals surface area (Å²) >= 11 is 1.86. The molecule has 0 spiro atoms. The number of aromatic nitrogens is 4. The molecule has 11 rings (SSSR count). The second kappa shape index (κ2) is 10.1. The average Bonchev–Trinajstić information content (AvgIpc) is 3.80. The number of benzene rings is 7. The van der Waals surface area contributed by atoms with Crippen LogP contribution in [0.3, 0.4) is 0 Å². The van der Waals surface area contributed by atoms with Gasteiger partial charge in [-0.2, -0.15) is 0 Å². The molecule has 49 heavy (non-hydrogen) atoms. The fourth-order valence-electron chi connectivity index (χ4n) is 7.77. The van der Waals surface area contributed by atoms with Crippen molar-refractivity contribution in [2.24, 2.45) is 0 Å². The standard InChI is InChI=1S/C44H26N4S/c1-3-14-28(15-4-1)41-33-24-23-27-13-7-8-18-30(27)42(33)46-44(45-41)48-36-21-11-9-19-31(36)34-26-39-35(25-38(34)48)40-32-20-10-12-22-37(32)47(43(40)49-39)29-16-5-2-6-17-29/h1-26H. The molecule has 0 aliphatic rings. The molecular formula is C44H26N4S. The van der Waals surface area contributed by atoms with Crippen LogP contribution in [0.4, 0.5) is 0 Å². The maximum Gasteiger partial charge on any atom is 0.235 e. The summed E-state index contributed by atoms with van der Waals surface area (Å²) in [4.78, 5) is 12.1. The minimum absolute atomic E-state index is 0.673. The van der Waals surface area contributed by atoms with Gasteiger partial charge in [0.15, 0.2) is 0 Å². The van der Waals surface area contributed by atoms with Gasteiger partial charge in [0.25, 0.3) is 0 Å². The zero-order valence-electron chi connectivity index (χ0n) is 26.2. The number of thiophene rings is 1. The lowest BCUT2D eigenvalue weighted by atomic mass is 10.0. The van der Waals surface area contributed by atoms with Gasteiger partial charge < -0.3 is 4.57 Å². The summed E-state index contributed by atoms with van der Waals surface area (Å²) in [5.74, 6) is 0.673. The highest BCUT2D eigenvalue weighted by Crippen LogP contribution is 2.45. The van der Waals surface area contributed by atoms with Crippen molar-refractivity contribution in [1.82, 2.24) is 19.1 Å². The Kier molecular flexibility index (Phi) is 5.51. The molecule has 5 heteroatoms. The quantitative estimate of drug-likeness (QED) is 0.180. The van der Waals surface area contributed by atoms with Gasteiger partial charge in [-0.05, 0) is 47.9 Å². The molecule has 0 saturated heterocycles. The Bertz CT molecular complexity index is 3100. The zero-order chi connectivity index (χ0) is 32.1. The van der Waals surface area contributed by atoms with Gasteiger partial charge in [-0.3, -0.25) is 4.57 Å². The van der Waals surface area contributed by atoms with Crippen LogP contribution in [0.1, 0.15) is 0 Å². The van der Waals surface area contributed by atoms with Crippen molar-refractivity contribution in [1.29, 1.82) is 0 Å². The summed E-state index contributed by atoms with van der Waals surface area (Å²) in [7, 11) is 0. The summed E-state index contributed by atoms with van der Waals surface area (Å²) in [5, 5.41) is 9.52. The summed E-state index contributed by atoms with van der Waals surface area (Å²) in [6.07, 6.45) is 0. The van der Waals surface area contributed by atoms with E-state index in [1.54, 1.807) is 0 Å². The number of nitrogens with zero attached hydrogens (tertiary/aromatic N) is 4. The predicted octanol–water partition coefficient (Wildman–Crippen LogP) is 11.9. The van der Waals surface area contributed by atoms with E-state index in [1.807, 2.05) is 11.3 Å². The molecule has 0 aliphatic carbocycles. The van der Waals surface area contributed by atoms with Crippen molar-refractivity contribution < 1.29 is 0 Å². The van der Waals surface area contributed by atoms with Gasteiger partial charge in [0.05, 0.1) is 27.8 Å². The van der Waals surface area contributed by atoms with Crippen molar-refractivity contribution in [3.8, 4) is 22.9 Å². The lowest BCUT2D eigenvalue weighted by molar-refractivity contribution is 1.02. The largest absolute Gasteiger partial charge is 0.301 e. The average molecular weight is 643 g/mol. The van der Waals surface area contributed by atoms with E-state index < -0.39 is 0 Å². The summed E-state index contributed by atoms with van der Waals surface area (Å²) in [6.45, 7) is 0. The summed E-state index contributed by atoms with van der Waals surface area (Å²) in [5.41, 5.74) is 7.54. The van der Waals surface area contributed by atoms with Crippen LogP contribution in [0.15, 0.2) is 158 Å². The Labute approximate surface area is 284 Å². The first-order valence-corrected chi connectivity index (χ1v) is 17.3. The molecule has 4 nitrogen and oxygen atoms in total. The molecule has 0 unspecified atom stereocenters. The highest BCUT2D eigenvalue weighted by Gasteiger charge is 2.22. The maximum absolute atomic E-state index is 5.41. The highest BCUT2D eigenvalue weighted by molar-refractivity contribution is 7.25. The van der Waals surface area contributed by atoms with Crippen molar-refractivity contribution in [3.05, 3.63) is 158 Å².